The van der Waals surface area contributed by atoms with Crippen molar-refractivity contribution in [1.82, 2.24) is 0 Å². The third-order valence-electron chi connectivity index (χ3n) is 3.92. The van der Waals surface area contributed by atoms with Crippen LogP contribution in [0.3, 0.4) is 0 Å². The van der Waals surface area contributed by atoms with Crippen LogP contribution in [0.15, 0.2) is 0 Å². The summed E-state index contributed by atoms with van der Waals surface area (Å²) in [4.78, 5) is 0. The maximum absolute atomic E-state index is 6.73. The first-order valence-electron chi connectivity index (χ1n) is 5.32. The molecule has 14 heavy (non-hydrogen) atoms. The molecular formula is C8H24OSi4Te. The molecule has 0 aliphatic carbocycles. The summed E-state index contributed by atoms with van der Waals surface area (Å²) in [5, 5.41) is -1.80. The van der Waals surface area contributed by atoms with Gasteiger partial charge in [-0.3, -0.25) is 0 Å². The molecule has 0 saturated carbocycles. The van der Waals surface area contributed by atoms with Gasteiger partial charge in [0.1, 0.15) is 0 Å². The third-order valence-corrected chi connectivity index (χ3v) is 101. The van der Waals surface area contributed by atoms with Gasteiger partial charge in [0, 0.05) is 0 Å². The summed E-state index contributed by atoms with van der Waals surface area (Å²) in [5.74, 6) is 0. The Hall–Kier alpha value is 1.62. The van der Waals surface area contributed by atoms with E-state index in [-0.39, 0.29) is 0 Å². The van der Waals surface area contributed by atoms with Crippen LogP contribution >= 0.6 is 0 Å². The van der Waals surface area contributed by atoms with Gasteiger partial charge in [-0.1, -0.05) is 0 Å². The van der Waals surface area contributed by atoms with E-state index in [2.05, 4.69) is 52.4 Å². The van der Waals surface area contributed by atoms with E-state index in [0.29, 0.717) is 19.3 Å². The van der Waals surface area contributed by atoms with Crippen molar-refractivity contribution in [3.05, 3.63) is 0 Å². The Morgan fingerprint density at radius 2 is 0.929 bits per heavy atom. The van der Waals surface area contributed by atoms with Gasteiger partial charge in [0.15, 0.2) is 0 Å². The molecule has 0 aromatic heterocycles. The zero-order valence-electron chi connectivity index (χ0n) is 10.8. The standard InChI is InChI=1S/C8H24OSi4Te/c1-10(2)9-11(3,4)13(7,8)14-12(10,5)6/h1-8H3. The Morgan fingerprint density at radius 1 is 0.643 bits per heavy atom. The molecule has 0 atom stereocenters. The van der Waals surface area contributed by atoms with Crippen molar-refractivity contribution in [3.63, 3.8) is 0 Å². The summed E-state index contributed by atoms with van der Waals surface area (Å²) in [6.07, 6.45) is 0. The SMILES string of the molecule is C[Si]1(C)O[Si](C)(C)[Si](C)(C)[Te][Si]1(C)C. The van der Waals surface area contributed by atoms with E-state index in [9.17, 15) is 0 Å². The molecule has 6 heteroatoms. The number of hydrogen-bond acceptors (Lipinski definition) is 1. The Morgan fingerprint density at radius 3 is 1.14 bits per heavy atom. The average molecular weight is 376 g/mol. The zero-order valence-corrected chi connectivity index (χ0v) is 17.1. The number of hydrogen-bond donors (Lipinski definition) is 0. The van der Waals surface area contributed by atoms with Gasteiger partial charge in [0.2, 0.25) is 0 Å². The normalized spacial score (nSPS) is 32.6. The quantitative estimate of drug-likeness (QED) is 0.591. The Labute approximate surface area is 101 Å². The van der Waals surface area contributed by atoms with Gasteiger partial charge >= 0.3 is 102 Å². The molecule has 0 amide bonds. The van der Waals surface area contributed by atoms with E-state index in [4.69, 9.17) is 4.12 Å². The fraction of sp³-hybridized carbons (Fsp3) is 1.00. The van der Waals surface area contributed by atoms with Crippen LogP contribution in [0.4, 0.5) is 0 Å². The summed E-state index contributed by atoms with van der Waals surface area (Å²) in [5.41, 5.74) is 0. The molecule has 1 saturated heterocycles. The van der Waals surface area contributed by atoms with E-state index in [0.717, 1.165) is 0 Å². The fourth-order valence-electron chi connectivity index (χ4n) is 1.77. The first-order chi connectivity index (χ1) is 5.91. The molecule has 1 aliphatic rings. The second kappa shape index (κ2) is 3.55. The van der Waals surface area contributed by atoms with Gasteiger partial charge in [-0.15, -0.1) is 0 Å². The Kier molecular flexibility index (Phi) is 3.47. The topological polar surface area (TPSA) is 9.23 Å². The molecule has 0 unspecified atom stereocenters. The molecule has 0 N–H and O–H groups in total. The molecular weight excluding hydrogens is 352 g/mol. The van der Waals surface area contributed by atoms with Crippen LogP contribution in [-0.2, 0) is 4.12 Å². The molecule has 0 aromatic rings. The van der Waals surface area contributed by atoms with E-state index >= 15 is 0 Å². The van der Waals surface area contributed by atoms with Gasteiger partial charge in [-0.05, 0) is 0 Å². The first-order valence-corrected chi connectivity index (χ1v) is 25.9. The first kappa shape index (κ1) is 13.7. The molecule has 0 aromatic carbocycles. The van der Waals surface area contributed by atoms with Crippen molar-refractivity contribution in [2.24, 2.45) is 0 Å². The fourth-order valence-corrected chi connectivity index (χ4v) is 144. The Balaban J connectivity index is 3.07. The van der Waals surface area contributed by atoms with Gasteiger partial charge in [-0.25, -0.2) is 0 Å². The minimum atomic E-state index is -1.25. The van der Waals surface area contributed by atoms with E-state index in [1.807, 2.05) is 0 Å². The monoisotopic (exact) mass is 378 g/mol. The van der Waals surface area contributed by atoms with Gasteiger partial charge < -0.3 is 0 Å². The van der Waals surface area contributed by atoms with Crippen molar-refractivity contribution in [1.29, 1.82) is 0 Å². The molecule has 1 aliphatic heterocycles. The predicted octanol–water partition coefficient (Wildman–Crippen LogP) is 2.70. The second-order valence-corrected chi connectivity index (χ2v) is 64.1. The molecule has 84 valence electrons. The second-order valence-electron chi connectivity index (χ2n) is 6.25. The maximum atomic E-state index is 6.73. The van der Waals surface area contributed by atoms with Crippen LogP contribution in [0.1, 0.15) is 0 Å². The summed E-state index contributed by atoms with van der Waals surface area (Å²) in [6.45, 7) is 20.5. The molecule has 1 rings (SSSR count). The molecule has 0 bridgehead atoms. The van der Waals surface area contributed by atoms with Crippen LogP contribution in [0.25, 0.3) is 0 Å². The predicted molar refractivity (Wildman–Crippen MR) is 76.8 cm³/mol. The van der Waals surface area contributed by atoms with E-state index in [1.54, 1.807) is 0 Å². The van der Waals surface area contributed by atoms with Crippen molar-refractivity contribution < 1.29 is 4.12 Å². The van der Waals surface area contributed by atoms with Crippen LogP contribution in [0, 0.1) is 0 Å². The minimum absolute atomic E-state index is 0.320. The average Bonchev–Trinajstić information content (AvgIpc) is 1.78. The van der Waals surface area contributed by atoms with E-state index in [1.165, 1.54) is 0 Å². The Bertz CT molecular complexity index is 200. The molecule has 0 radical (unpaired) electrons. The molecule has 1 nitrogen and oxygen atoms in total. The summed E-state index contributed by atoms with van der Waals surface area (Å²) in [6, 6.07) is 0. The van der Waals surface area contributed by atoms with Crippen LogP contribution < -0.4 is 0 Å². The summed E-state index contributed by atoms with van der Waals surface area (Å²) in [7, 11) is -2.50. The van der Waals surface area contributed by atoms with Crippen LogP contribution in [0.5, 0.6) is 0 Å². The number of rotatable bonds is 0. The zero-order chi connectivity index (χ0) is 11.4. The van der Waals surface area contributed by atoms with Gasteiger partial charge in [0.05, 0.1) is 0 Å². The summed E-state index contributed by atoms with van der Waals surface area (Å²) >= 11 is 0.320. The van der Waals surface area contributed by atoms with Crippen LogP contribution in [-0.4, -0.2) is 45.3 Å². The van der Waals surface area contributed by atoms with Crippen LogP contribution in [0.2, 0.25) is 52.4 Å². The van der Waals surface area contributed by atoms with Crippen molar-refractivity contribution >= 4 is 45.3 Å². The van der Waals surface area contributed by atoms with Crippen molar-refractivity contribution in [3.8, 4) is 0 Å². The van der Waals surface area contributed by atoms with Crippen molar-refractivity contribution in [2.45, 2.75) is 52.4 Å². The third kappa shape index (κ3) is 2.17. The molecule has 1 fully saturated rings. The van der Waals surface area contributed by atoms with Gasteiger partial charge in [-0.2, -0.15) is 0 Å². The van der Waals surface area contributed by atoms with E-state index < -0.39 is 25.9 Å². The molecule has 1 heterocycles. The van der Waals surface area contributed by atoms with Gasteiger partial charge in [0.25, 0.3) is 0 Å². The molecule has 0 spiro atoms. The van der Waals surface area contributed by atoms with Crippen molar-refractivity contribution in [2.75, 3.05) is 0 Å². The summed E-state index contributed by atoms with van der Waals surface area (Å²) < 4.78 is 6.73.